The van der Waals surface area contributed by atoms with E-state index in [1.807, 2.05) is 17.5 Å². The number of nitrogens with zero attached hydrogens (tertiary/aromatic N) is 3. The van der Waals surface area contributed by atoms with E-state index < -0.39 is 17.8 Å². The zero-order chi connectivity index (χ0) is 15.9. The molecular formula is C14H14F3N3OS. The minimum Gasteiger partial charge on any atom is -0.329 e. The first kappa shape index (κ1) is 15.1. The SMILES string of the molecule is Cn1nc(C(F)(F)F)cc1C(=O)N1CCC[C@H]1c1cccs1. The molecule has 118 valence electrons. The van der Waals surface area contributed by atoms with E-state index in [0.717, 1.165) is 28.5 Å². The van der Waals surface area contributed by atoms with Gasteiger partial charge in [-0.2, -0.15) is 18.3 Å². The van der Waals surface area contributed by atoms with Crippen molar-refractivity contribution >= 4 is 17.2 Å². The van der Waals surface area contributed by atoms with E-state index >= 15 is 0 Å². The summed E-state index contributed by atoms with van der Waals surface area (Å²) in [5.41, 5.74) is -1.07. The van der Waals surface area contributed by atoms with Crippen LogP contribution in [0.2, 0.25) is 0 Å². The number of aromatic nitrogens is 2. The molecule has 3 rings (SSSR count). The molecule has 0 saturated carbocycles. The van der Waals surface area contributed by atoms with Gasteiger partial charge >= 0.3 is 6.18 Å². The van der Waals surface area contributed by atoms with E-state index in [1.165, 1.54) is 7.05 Å². The Morgan fingerprint density at radius 3 is 2.82 bits per heavy atom. The zero-order valence-corrected chi connectivity index (χ0v) is 12.6. The van der Waals surface area contributed by atoms with Crippen LogP contribution in [-0.4, -0.2) is 27.1 Å². The molecule has 0 N–H and O–H groups in total. The van der Waals surface area contributed by atoms with Crippen molar-refractivity contribution in [3.8, 4) is 0 Å². The number of carbonyl (C=O) groups excluding carboxylic acids is 1. The highest BCUT2D eigenvalue weighted by Gasteiger charge is 2.38. The minimum absolute atomic E-state index is 0.0317. The van der Waals surface area contributed by atoms with Crippen LogP contribution in [0.3, 0.4) is 0 Å². The molecule has 1 aliphatic rings. The van der Waals surface area contributed by atoms with Gasteiger partial charge in [-0.1, -0.05) is 6.07 Å². The van der Waals surface area contributed by atoms with Gasteiger partial charge in [0.15, 0.2) is 5.69 Å². The normalized spacial score (nSPS) is 18.9. The molecule has 3 heterocycles. The molecule has 22 heavy (non-hydrogen) atoms. The fourth-order valence-corrected chi connectivity index (χ4v) is 3.61. The van der Waals surface area contributed by atoms with Gasteiger partial charge in [0.25, 0.3) is 5.91 Å². The third-order valence-corrected chi connectivity index (χ3v) is 4.75. The lowest BCUT2D eigenvalue weighted by atomic mass is 10.2. The Bertz CT molecular complexity index is 678. The van der Waals surface area contributed by atoms with Gasteiger partial charge in [-0.05, 0) is 24.3 Å². The molecule has 0 radical (unpaired) electrons. The van der Waals surface area contributed by atoms with Gasteiger partial charge in [0.05, 0.1) is 6.04 Å². The zero-order valence-electron chi connectivity index (χ0n) is 11.8. The van der Waals surface area contributed by atoms with Gasteiger partial charge in [0.2, 0.25) is 0 Å². The van der Waals surface area contributed by atoms with Crippen molar-refractivity contribution in [3.05, 3.63) is 39.8 Å². The van der Waals surface area contributed by atoms with Gasteiger partial charge in [0, 0.05) is 24.5 Å². The van der Waals surface area contributed by atoms with Crippen molar-refractivity contribution in [1.82, 2.24) is 14.7 Å². The van der Waals surface area contributed by atoms with E-state index in [9.17, 15) is 18.0 Å². The summed E-state index contributed by atoms with van der Waals surface area (Å²) in [5, 5.41) is 5.34. The predicted molar refractivity (Wildman–Crippen MR) is 75.5 cm³/mol. The third-order valence-electron chi connectivity index (χ3n) is 3.77. The van der Waals surface area contributed by atoms with Crippen molar-refractivity contribution < 1.29 is 18.0 Å². The van der Waals surface area contributed by atoms with E-state index in [-0.39, 0.29) is 11.7 Å². The summed E-state index contributed by atoms with van der Waals surface area (Å²) in [4.78, 5) is 15.3. The molecular weight excluding hydrogens is 315 g/mol. The summed E-state index contributed by atoms with van der Waals surface area (Å²) < 4.78 is 39.2. The Morgan fingerprint density at radius 2 is 2.23 bits per heavy atom. The molecule has 8 heteroatoms. The second-order valence-corrected chi connectivity index (χ2v) is 6.19. The average molecular weight is 329 g/mol. The summed E-state index contributed by atoms with van der Waals surface area (Å²) >= 11 is 1.55. The number of thiophene rings is 1. The fourth-order valence-electron chi connectivity index (χ4n) is 2.74. The predicted octanol–water partition coefficient (Wildman–Crippen LogP) is 3.48. The highest BCUT2D eigenvalue weighted by molar-refractivity contribution is 7.10. The van der Waals surface area contributed by atoms with Crippen molar-refractivity contribution in [2.45, 2.75) is 25.1 Å². The van der Waals surface area contributed by atoms with Crippen LogP contribution in [0, 0.1) is 0 Å². The van der Waals surface area contributed by atoms with Crippen molar-refractivity contribution in [3.63, 3.8) is 0 Å². The second-order valence-electron chi connectivity index (χ2n) is 5.21. The van der Waals surface area contributed by atoms with Crippen LogP contribution in [-0.2, 0) is 13.2 Å². The largest absolute Gasteiger partial charge is 0.435 e. The summed E-state index contributed by atoms with van der Waals surface area (Å²) in [6, 6.07) is 4.63. The monoisotopic (exact) mass is 329 g/mol. The maximum Gasteiger partial charge on any atom is 0.435 e. The molecule has 2 aromatic rings. The van der Waals surface area contributed by atoms with E-state index in [2.05, 4.69) is 5.10 Å². The molecule has 1 amide bonds. The first-order valence-electron chi connectivity index (χ1n) is 6.83. The molecule has 0 unspecified atom stereocenters. The average Bonchev–Trinajstić information content (AvgIpc) is 3.16. The van der Waals surface area contributed by atoms with Gasteiger partial charge in [-0.3, -0.25) is 9.48 Å². The molecule has 2 aromatic heterocycles. The summed E-state index contributed by atoms with van der Waals surface area (Å²) in [6.07, 6.45) is -2.87. The molecule has 0 bridgehead atoms. The summed E-state index contributed by atoms with van der Waals surface area (Å²) in [6.45, 7) is 0.550. The number of likely N-dealkylation sites (tertiary alicyclic amines) is 1. The van der Waals surface area contributed by atoms with Crippen LogP contribution < -0.4 is 0 Å². The lowest BCUT2D eigenvalue weighted by Gasteiger charge is -2.23. The Kier molecular flexibility index (Phi) is 3.72. The molecule has 0 aromatic carbocycles. The summed E-state index contributed by atoms with van der Waals surface area (Å²) in [7, 11) is 1.36. The van der Waals surface area contributed by atoms with Crippen molar-refractivity contribution in [2.24, 2.45) is 7.05 Å². The van der Waals surface area contributed by atoms with Gasteiger partial charge in [-0.25, -0.2) is 0 Å². The smallest absolute Gasteiger partial charge is 0.329 e. The first-order valence-corrected chi connectivity index (χ1v) is 7.71. The van der Waals surface area contributed by atoms with E-state index in [1.54, 1.807) is 16.2 Å². The lowest BCUT2D eigenvalue weighted by molar-refractivity contribution is -0.141. The maximum absolute atomic E-state index is 12.7. The Hall–Kier alpha value is -1.83. The second kappa shape index (κ2) is 5.42. The van der Waals surface area contributed by atoms with Crippen LogP contribution in [0.15, 0.2) is 23.6 Å². The molecule has 1 saturated heterocycles. The molecule has 4 nitrogen and oxygen atoms in total. The van der Waals surface area contributed by atoms with Gasteiger partial charge in [-0.15, -0.1) is 11.3 Å². The molecule has 1 fully saturated rings. The number of carbonyl (C=O) groups is 1. The number of alkyl halides is 3. The van der Waals surface area contributed by atoms with E-state index in [4.69, 9.17) is 0 Å². The van der Waals surface area contributed by atoms with E-state index in [0.29, 0.717) is 6.54 Å². The van der Waals surface area contributed by atoms with Crippen LogP contribution in [0.4, 0.5) is 13.2 Å². The summed E-state index contributed by atoms with van der Waals surface area (Å²) in [5.74, 6) is -0.401. The number of amides is 1. The Labute approximate surface area is 129 Å². The number of halogens is 3. The molecule has 0 aliphatic carbocycles. The topological polar surface area (TPSA) is 38.1 Å². The molecule has 1 atom stereocenters. The third kappa shape index (κ3) is 2.63. The molecule has 1 aliphatic heterocycles. The lowest BCUT2D eigenvalue weighted by Crippen LogP contribution is -2.31. The van der Waals surface area contributed by atoms with Crippen molar-refractivity contribution in [1.29, 1.82) is 0 Å². The highest BCUT2D eigenvalue weighted by Crippen LogP contribution is 2.36. The number of rotatable bonds is 2. The van der Waals surface area contributed by atoms with Crippen LogP contribution in [0.5, 0.6) is 0 Å². The van der Waals surface area contributed by atoms with Crippen molar-refractivity contribution in [2.75, 3.05) is 6.54 Å². The minimum atomic E-state index is -4.55. The van der Waals surface area contributed by atoms with Gasteiger partial charge in [0.1, 0.15) is 5.69 Å². The fraction of sp³-hybridized carbons (Fsp3) is 0.429. The number of aryl methyl sites for hydroxylation is 1. The standard InChI is InChI=1S/C14H14F3N3OS/c1-19-10(8-12(18-19)14(15,16)17)13(21)20-6-2-4-9(20)11-5-3-7-22-11/h3,5,7-9H,2,4,6H2,1H3/t9-/m0/s1. The van der Waals surface area contributed by atoms with Crippen LogP contribution >= 0.6 is 11.3 Å². The molecule has 0 spiro atoms. The number of hydrogen-bond acceptors (Lipinski definition) is 3. The Balaban J connectivity index is 1.89. The number of hydrogen-bond donors (Lipinski definition) is 0. The maximum atomic E-state index is 12.7. The Morgan fingerprint density at radius 1 is 1.45 bits per heavy atom. The van der Waals surface area contributed by atoms with Gasteiger partial charge < -0.3 is 4.90 Å². The highest BCUT2D eigenvalue weighted by atomic mass is 32.1. The van der Waals surface area contributed by atoms with Crippen LogP contribution in [0.25, 0.3) is 0 Å². The quantitative estimate of drug-likeness (QED) is 0.846. The first-order chi connectivity index (χ1) is 10.4. The van der Waals surface area contributed by atoms with Crippen LogP contribution in [0.1, 0.15) is 39.9 Å².